The molecular weight excluding hydrogens is 388 g/mol. The molecule has 1 N–H and O–H groups in total. The van der Waals surface area contributed by atoms with E-state index in [0.29, 0.717) is 25.9 Å². The minimum atomic E-state index is -3.52. The molecule has 2 aromatic heterocycles. The first-order valence-corrected chi connectivity index (χ1v) is 11.1. The van der Waals surface area contributed by atoms with Crippen LogP contribution in [-0.2, 0) is 10.0 Å². The number of nitrogens with one attached hydrogen (secondary N) is 1. The summed E-state index contributed by atoms with van der Waals surface area (Å²) in [5.41, 5.74) is 0. The van der Waals surface area contributed by atoms with Crippen molar-refractivity contribution >= 4 is 50.2 Å². The van der Waals surface area contributed by atoms with Crippen LogP contribution in [0, 0.1) is 5.92 Å². The van der Waals surface area contributed by atoms with Crippen molar-refractivity contribution in [2.75, 3.05) is 6.54 Å². The van der Waals surface area contributed by atoms with Gasteiger partial charge in [0.15, 0.2) is 0 Å². The zero-order valence-corrected chi connectivity index (χ0v) is 15.7. The maximum absolute atomic E-state index is 12.7. The van der Waals surface area contributed by atoms with Crippen LogP contribution in [0.2, 0.25) is 4.34 Å². The predicted octanol–water partition coefficient (Wildman–Crippen LogP) is 3.04. The number of nitrogens with zero attached hydrogens (tertiary/aromatic N) is 1. The molecule has 1 aliphatic heterocycles. The summed E-state index contributed by atoms with van der Waals surface area (Å²) in [6, 6.07) is 6.44. The van der Waals surface area contributed by atoms with Crippen LogP contribution in [0.5, 0.6) is 0 Å². The molecule has 1 saturated carbocycles. The molecule has 1 saturated heterocycles. The van der Waals surface area contributed by atoms with Gasteiger partial charge in [-0.3, -0.25) is 4.79 Å². The van der Waals surface area contributed by atoms with Gasteiger partial charge in [0.25, 0.3) is 5.91 Å². The van der Waals surface area contributed by atoms with Gasteiger partial charge in [0, 0.05) is 18.6 Å². The highest BCUT2D eigenvalue weighted by molar-refractivity contribution is 7.91. The van der Waals surface area contributed by atoms with Gasteiger partial charge in [-0.1, -0.05) is 17.7 Å². The van der Waals surface area contributed by atoms with Crippen molar-refractivity contribution in [1.82, 2.24) is 9.62 Å². The van der Waals surface area contributed by atoms with Crippen LogP contribution in [0.25, 0.3) is 0 Å². The predicted molar refractivity (Wildman–Crippen MR) is 95.3 cm³/mol. The Hall–Kier alpha value is -0.930. The fourth-order valence-electron chi connectivity index (χ4n) is 3.63. The summed E-state index contributed by atoms with van der Waals surface area (Å²) < 4.78 is 28.6. The van der Waals surface area contributed by atoms with Gasteiger partial charge in [-0.15, -0.1) is 22.7 Å². The molecule has 9 heteroatoms. The number of piperidine rings is 1. The summed E-state index contributed by atoms with van der Waals surface area (Å²) in [5, 5.41) is 1.74. The van der Waals surface area contributed by atoms with Crippen molar-refractivity contribution in [3.8, 4) is 0 Å². The van der Waals surface area contributed by atoms with E-state index in [0.717, 1.165) is 12.8 Å². The van der Waals surface area contributed by atoms with Crippen molar-refractivity contribution in [1.29, 1.82) is 0 Å². The second-order valence-corrected chi connectivity index (χ2v) is 10.7. The molecule has 24 heavy (non-hydrogen) atoms. The first-order chi connectivity index (χ1) is 11.4. The number of thiophene rings is 2. The van der Waals surface area contributed by atoms with Crippen LogP contribution < -0.4 is 4.72 Å². The Morgan fingerprint density at radius 3 is 2.75 bits per heavy atom. The standard InChI is InChI=1S/C15H15ClN2O3S3/c16-13-4-3-12(23-13)15(19)18-8-9-6-10(11(18)7-9)17-24(20,21)14-2-1-5-22-14/h1-5,9-11,17H,6-8H2/t9-,10+,11-/m1/s1. The summed E-state index contributed by atoms with van der Waals surface area (Å²) in [4.78, 5) is 15.1. The molecule has 1 amide bonds. The monoisotopic (exact) mass is 402 g/mol. The molecule has 1 aliphatic carbocycles. The molecule has 4 rings (SSSR count). The Balaban J connectivity index is 1.52. The van der Waals surface area contributed by atoms with E-state index in [2.05, 4.69) is 4.72 Å². The minimum absolute atomic E-state index is 0.0561. The van der Waals surface area contributed by atoms with Gasteiger partial charge in [-0.25, -0.2) is 13.1 Å². The first-order valence-electron chi connectivity index (χ1n) is 7.56. The average molecular weight is 403 g/mol. The number of hydrogen-bond donors (Lipinski definition) is 1. The normalized spacial score (nSPS) is 26.2. The molecule has 0 aromatic carbocycles. The fraction of sp³-hybridized carbons (Fsp3) is 0.400. The molecule has 2 fully saturated rings. The van der Waals surface area contributed by atoms with Gasteiger partial charge in [0.2, 0.25) is 10.0 Å². The topological polar surface area (TPSA) is 66.5 Å². The Morgan fingerprint density at radius 1 is 1.29 bits per heavy atom. The second kappa shape index (κ2) is 6.10. The van der Waals surface area contributed by atoms with Gasteiger partial charge in [-0.2, -0.15) is 0 Å². The highest BCUT2D eigenvalue weighted by atomic mass is 35.5. The average Bonchev–Trinajstić information content (AvgIpc) is 3.29. The Labute approximate surface area is 153 Å². The van der Waals surface area contributed by atoms with Crippen molar-refractivity contribution < 1.29 is 13.2 Å². The molecule has 2 aromatic rings. The number of likely N-dealkylation sites (tertiary alicyclic amines) is 1. The van der Waals surface area contributed by atoms with E-state index in [-0.39, 0.29) is 18.0 Å². The highest BCUT2D eigenvalue weighted by Gasteiger charge is 2.48. The van der Waals surface area contributed by atoms with Crippen molar-refractivity contribution in [2.45, 2.75) is 29.1 Å². The zero-order chi connectivity index (χ0) is 16.9. The lowest BCUT2D eigenvalue weighted by Crippen LogP contribution is -2.51. The molecule has 3 heterocycles. The molecule has 128 valence electrons. The third-order valence-corrected chi connectivity index (χ3v) is 8.70. The van der Waals surface area contributed by atoms with E-state index >= 15 is 0 Å². The van der Waals surface area contributed by atoms with E-state index < -0.39 is 10.0 Å². The lowest BCUT2D eigenvalue weighted by molar-refractivity contribution is 0.0683. The maximum atomic E-state index is 12.7. The molecule has 0 unspecified atom stereocenters. The minimum Gasteiger partial charge on any atom is -0.333 e. The number of fused-ring (bicyclic) bond motifs is 2. The maximum Gasteiger partial charge on any atom is 0.264 e. The number of hydrogen-bond acceptors (Lipinski definition) is 5. The van der Waals surface area contributed by atoms with Gasteiger partial charge in [0.1, 0.15) is 4.21 Å². The largest absolute Gasteiger partial charge is 0.333 e. The third-order valence-electron chi connectivity index (χ3n) is 4.59. The van der Waals surface area contributed by atoms with Crippen molar-refractivity contribution in [3.63, 3.8) is 0 Å². The van der Waals surface area contributed by atoms with Crippen LogP contribution in [0.15, 0.2) is 33.9 Å². The molecule has 5 nitrogen and oxygen atoms in total. The molecular formula is C15H15ClN2O3S3. The van der Waals surface area contributed by atoms with Gasteiger partial charge in [0.05, 0.1) is 9.21 Å². The lowest BCUT2D eigenvalue weighted by Gasteiger charge is -2.33. The number of halogens is 1. The lowest BCUT2D eigenvalue weighted by atomic mass is 10.1. The first kappa shape index (κ1) is 16.5. The van der Waals surface area contributed by atoms with E-state index in [4.69, 9.17) is 11.6 Å². The van der Waals surface area contributed by atoms with Crippen molar-refractivity contribution in [2.24, 2.45) is 5.92 Å². The third kappa shape index (κ3) is 2.90. The molecule has 2 aliphatic rings. The van der Waals surface area contributed by atoms with E-state index in [1.807, 2.05) is 0 Å². The van der Waals surface area contributed by atoms with Crippen LogP contribution in [-0.4, -0.2) is 37.9 Å². The van der Waals surface area contributed by atoms with Crippen LogP contribution in [0.1, 0.15) is 22.5 Å². The SMILES string of the molecule is O=C(c1ccc(Cl)s1)N1C[C@@H]2C[C@H](NS(=O)(=O)c3cccs3)[C@H]1C2. The van der Waals surface area contributed by atoms with E-state index in [1.165, 1.54) is 22.7 Å². The van der Waals surface area contributed by atoms with Crippen LogP contribution >= 0.6 is 34.3 Å². The van der Waals surface area contributed by atoms with E-state index in [9.17, 15) is 13.2 Å². The molecule has 0 radical (unpaired) electrons. The number of amides is 1. The molecule has 2 bridgehead atoms. The van der Waals surface area contributed by atoms with Gasteiger partial charge >= 0.3 is 0 Å². The Morgan fingerprint density at radius 2 is 2.12 bits per heavy atom. The number of carbonyl (C=O) groups is 1. The Bertz CT molecular complexity index is 862. The summed E-state index contributed by atoms with van der Waals surface area (Å²) >= 11 is 8.38. The van der Waals surface area contributed by atoms with Crippen molar-refractivity contribution in [3.05, 3.63) is 38.9 Å². The Kier molecular flexibility index (Phi) is 4.20. The zero-order valence-electron chi connectivity index (χ0n) is 12.5. The highest BCUT2D eigenvalue weighted by Crippen LogP contribution is 2.40. The van der Waals surface area contributed by atoms with Gasteiger partial charge in [-0.05, 0) is 42.3 Å². The smallest absolute Gasteiger partial charge is 0.264 e. The quantitative estimate of drug-likeness (QED) is 0.854. The number of sulfonamides is 1. The summed E-state index contributed by atoms with van der Waals surface area (Å²) in [6.45, 7) is 0.691. The molecule has 0 spiro atoms. The van der Waals surface area contributed by atoms with E-state index in [1.54, 1.807) is 34.5 Å². The summed E-state index contributed by atoms with van der Waals surface area (Å²) in [5.74, 6) is 0.296. The van der Waals surface area contributed by atoms with Gasteiger partial charge < -0.3 is 4.90 Å². The molecule has 3 atom stereocenters. The fourth-order valence-corrected chi connectivity index (χ4v) is 6.92. The van der Waals surface area contributed by atoms with Crippen LogP contribution in [0.3, 0.4) is 0 Å². The summed E-state index contributed by atoms with van der Waals surface area (Å²) in [7, 11) is -3.52. The number of rotatable bonds is 4. The number of carbonyl (C=O) groups excluding carboxylic acids is 1. The summed E-state index contributed by atoms with van der Waals surface area (Å²) in [6.07, 6.45) is 1.63. The second-order valence-electron chi connectivity index (χ2n) is 6.13. The van der Waals surface area contributed by atoms with Crippen LogP contribution in [0.4, 0.5) is 0 Å².